The Labute approximate surface area is 155 Å². The summed E-state index contributed by atoms with van der Waals surface area (Å²) in [5.41, 5.74) is 0.850. The molecule has 2 aromatic carbocycles. The monoisotopic (exact) mass is 367 g/mol. The lowest BCUT2D eigenvalue weighted by molar-refractivity contribution is -0.0332. The molecule has 4 rings (SSSR count). The number of H-pyrrole nitrogens is 2. The molecule has 2 heterocycles. The van der Waals surface area contributed by atoms with E-state index in [0.29, 0.717) is 25.4 Å². The van der Waals surface area contributed by atoms with Crippen molar-refractivity contribution in [2.45, 2.75) is 12.6 Å². The highest BCUT2D eigenvalue weighted by molar-refractivity contribution is 5.84. The van der Waals surface area contributed by atoms with Gasteiger partial charge in [0.25, 0.3) is 5.56 Å². The molecule has 0 radical (unpaired) electrons. The molecule has 1 aliphatic rings. The predicted molar refractivity (Wildman–Crippen MR) is 102 cm³/mol. The van der Waals surface area contributed by atoms with Crippen LogP contribution >= 0.6 is 0 Å². The molecule has 7 nitrogen and oxygen atoms in total. The summed E-state index contributed by atoms with van der Waals surface area (Å²) in [4.78, 5) is 30.0. The maximum Gasteiger partial charge on any atom is 0.325 e. The van der Waals surface area contributed by atoms with E-state index in [0.717, 1.165) is 28.6 Å². The first kappa shape index (κ1) is 17.5. The summed E-state index contributed by atoms with van der Waals surface area (Å²) < 4.78 is 11.2. The third-order valence-electron chi connectivity index (χ3n) is 4.80. The van der Waals surface area contributed by atoms with Crippen LogP contribution in [0, 0.1) is 0 Å². The normalized spacial score (nSPS) is 17.9. The fourth-order valence-electron chi connectivity index (χ4n) is 3.46. The second-order valence-electron chi connectivity index (χ2n) is 6.68. The molecule has 0 unspecified atom stereocenters. The number of hydrogen-bond acceptors (Lipinski definition) is 5. The SMILES string of the molecule is COc1ccc2cc([C@@H]3CN(Cc4cc(=O)[nH]c(=O)[nH]4)CCO3)ccc2c1. The van der Waals surface area contributed by atoms with Crippen molar-refractivity contribution in [3.63, 3.8) is 0 Å². The lowest BCUT2D eigenvalue weighted by Gasteiger charge is -2.33. The quantitative estimate of drug-likeness (QED) is 0.734. The molecular weight excluding hydrogens is 346 g/mol. The first-order chi connectivity index (χ1) is 13.1. The molecule has 0 spiro atoms. The van der Waals surface area contributed by atoms with Crippen LogP contribution in [-0.4, -0.2) is 41.7 Å². The highest BCUT2D eigenvalue weighted by Crippen LogP contribution is 2.28. The van der Waals surface area contributed by atoms with Crippen molar-refractivity contribution in [3.8, 4) is 5.75 Å². The summed E-state index contributed by atoms with van der Waals surface area (Å²) in [6.45, 7) is 2.54. The van der Waals surface area contributed by atoms with Crippen LogP contribution in [0.2, 0.25) is 0 Å². The maximum absolute atomic E-state index is 11.5. The van der Waals surface area contributed by atoms with Crippen molar-refractivity contribution in [3.05, 3.63) is 74.6 Å². The number of rotatable bonds is 4. The number of fused-ring (bicyclic) bond motifs is 1. The van der Waals surface area contributed by atoms with Gasteiger partial charge in [0.1, 0.15) is 5.75 Å². The Hall–Kier alpha value is -2.90. The maximum atomic E-state index is 11.5. The summed E-state index contributed by atoms with van der Waals surface area (Å²) in [6.07, 6.45) is -0.0565. The second-order valence-corrected chi connectivity index (χ2v) is 6.68. The Morgan fingerprint density at radius 2 is 1.93 bits per heavy atom. The van der Waals surface area contributed by atoms with Crippen molar-refractivity contribution in [1.29, 1.82) is 0 Å². The van der Waals surface area contributed by atoms with Crippen LogP contribution in [0.5, 0.6) is 5.75 Å². The predicted octanol–water partition coefficient (Wildman–Crippen LogP) is 1.80. The first-order valence-corrected chi connectivity index (χ1v) is 8.85. The molecule has 1 saturated heterocycles. The number of ether oxygens (including phenoxy) is 2. The third kappa shape index (κ3) is 3.94. The molecule has 0 bridgehead atoms. The first-order valence-electron chi connectivity index (χ1n) is 8.85. The summed E-state index contributed by atoms with van der Waals surface area (Å²) in [5.74, 6) is 0.835. The third-order valence-corrected chi connectivity index (χ3v) is 4.80. The number of aromatic nitrogens is 2. The zero-order chi connectivity index (χ0) is 18.8. The highest BCUT2D eigenvalue weighted by atomic mass is 16.5. The van der Waals surface area contributed by atoms with Gasteiger partial charge in [-0.1, -0.05) is 18.2 Å². The van der Waals surface area contributed by atoms with E-state index in [1.807, 2.05) is 18.2 Å². The summed E-state index contributed by atoms with van der Waals surface area (Å²) in [7, 11) is 1.66. The average molecular weight is 367 g/mol. The lowest BCUT2D eigenvalue weighted by Crippen LogP contribution is -2.38. The molecule has 0 saturated carbocycles. The molecule has 1 fully saturated rings. The Bertz CT molecular complexity index is 1040. The van der Waals surface area contributed by atoms with E-state index in [1.54, 1.807) is 7.11 Å². The summed E-state index contributed by atoms with van der Waals surface area (Å²) >= 11 is 0. The van der Waals surface area contributed by atoms with Crippen LogP contribution in [0.4, 0.5) is 0 Å². The standard InChI is InChI=1S/C20H21N3O4/c1-26-17-5-4-13-8-15(3-2-14(13)9-17)18-12-23(6-7-27-18)11-16-10-19(24)22-20(25)21-16/h2-5,8-10,18H,6-7,11-12H2,1H3,(H2,21,22,24,25)/t18-/m0/s1. The molecular formula is C20H21N3O4. The molecule has 1 atom stereocenters. The number of benzene rings is 2. The minimum atomic E-state index is -0.479. The summed E-state index contributed by atoms with van der Waals surface area (Å²) in [6, 6.07) is 13.7. The molecule has 1 aromatic heterocycles. The molecule has 3 aromatic rings. The van der Waals surface area contributed by atoms with Crippen LogP contribution in [0.25, 0.3) is 10.8 Å². The molecule has 140 valence electrons. The smallest absolute Gasteiger partial charge is 0.325 e. The Kier molecular flexibility index (Phi) is 4.79. The van der Waals surface area contributed by atoms with Crippen LogP contribution in [-0.2, 0) is 11.3 Å². The van der Waals surface area contributed by atoms with Gasteiger partial charge in [-0.25, -0.2) is 4.79 Å². The van der Waals surface area contributed by atoms with Gasteiger partial charge in [-0.15, -0.1) is 0 Å². The topological polar surface area (TPSA) is 87.4 Å². The number of nitrogens with zero attached hydrogens (tertiary/aromatic N) is 1. The minimum absolute atomic E-state index is 0.0565. The van der Waals surface area contributed by atoms with Gasteiger partial charge in [0.2, 0.25) is 0 Å². The molecule has 0 aliphatic carbocycles. The van der Waals surface area contributed by atoms with Crippen molar-refractivity contribution in [2.75, 3.05) is 26.8 Å². The number of methoxy groups -OCH3 is 1. The van der Waals surface area contributed by atoms with Gasteiger partial charge in [-0.05, 0) is 34.5 Å². The van der Waals surface area contributed by atoms with E-state index >= 15 is 0 Å². The van der Waals surface area contributed by atoms with Crippen molar-refractivity contribution >= 4 is 10.8 Å². The van der Waals surface area contributed by atoms with E-state index in [9.17, 15) is 9.59 Å². The average Bonchev–Trinajstić information content (AvgIpc) is 2.66. The van der Waals surface area contributed by atoms with E-state index in [1.165, 1.54) is 6.07 Å². The zero-order valence-corrected chi connectivity index (χ0v) is 15.0. The molecule has 2 N–H and O–H groups in total. The van der Waals surface area contributed by atoms with E-state index in [2.05, 4.69) is 33.1 Å². The van der Waals surface area contributed by atoms with Crippen LogP contribution in [0.1, 0.15) is 17.4 Å². The van der Waals surface area contributed by atoms with Gasteiger partial charge in [0.05, 0.1) is 19.8 Å². The van der Waals surface area contributed by atoms with Crippen LogP contribution in [0.15, 0.2) is 52.1 Å². The number of aromatic amines is 2. The van der Waals surface area contributed by atoms with E-state index in [-0.39, 0.29) is 11.7 Å². The van der Waals surface area contributed by atoms with Crippen molar-refractivity contribution in [2.24, 2.45) is 0 Å². The molecule has 27 heavy (non-hydrogen) atoms. The van der Waals surface area contributed by atoms with E-state index in [4.69, 9.17) is 9.47 Å². The Balaban J connectivity index is 1.53. The number of morpholine rings is 1. The largest absolute Gasteiger partial charge is 0.497 e. The Morgan fingerprint density at radius 3 is 2.74 bits per heavy atom. The summed E-state index contributed by atoms with van der Waals surface area (Å²) in [5, 5.41) is 2.25. The molecule has 7 heteroatoms. The van der Waals surface area contributed by atoms with Gasteiger partial charge in [-0.2, -0.15) is 0 Å². The van der Waals surface area contributed by atoms with Gasteiger partial charge >= 0.3 is 5.69 Å². The molecule has 1 aliphatic heterocycles. The number of hydrogen-bond donors (Lipinski definition) is 2. The van der Waals surface area contributed by atoms with Gasteiger partial charge < -0.3 is 14.5 Å². The number of nitrogens with one attached hydrogen (secondary N) is 2. The van der Waals surface area contributed by atoms with Gasteiger partial charge in [0, 0.05) is 31.4 Å². The minimum Gasteiger partial charge on any atom is -0.497 e. The second kappa shape index (κ2) is 7.38. The van der Waals surface area contributed by atoms with Crippen LogP contribution < -0.4 is 16.0 Å². The van der Waals surface area contributed by atoms with Crippen molar-refractivity contribution < 1.29 is 9.47 Å². The lowest BCUT2D eigenvalue weighted by atomic mass is 10.0. The fourth-order valence-corrected chi connectivity index (χ4v) is 3.46. The van der Waals surface area contributed by atoms with Gasteiger partial charge in [-0.3, -0.25) is 14.7 Å². The van der Waals surface area contributed by atoms with E-state index < -0.39 is 5.69 Å². The highest BCUT2D eigenvalue weighted by Gasteiger charge is 2.22. The Morgan fingerprint density at radius 1 is 1.11 bits per heavy atom. The fraction of sp³-hybridized carbons (Fsp3) is 0.300. The molecule has 0 amide bonds. The zero-order valence-electron chi connectivity index (χ0n) is 15.0. The van der Waals surface area contributed by atoms with Gasteiger partial charge in [0.15, 0.2) is 0 Å². The van der Waals surface area contributed by atoms with Crippen LogP contribution in [0.3, 0.4) is 0 Å². The van der Waals surface area contributed by atoms with Crippen molar-refractivity contribution in [1.82, 2.24) is 14.9 Å².